The lowest BCUT2D eigenvalue weighted by atomic mass is 10.1. The highest BCUT2D eigenvalue weighted by Gasteiger charge is 2.27. The highest BCUT2D eigenvalue weighted by Crippen LogP contribution is 2.05. The van der Waals surface area contributed by atoms with E-state index in [1.807, 2.05) is 0 Å². The molecule has 0 fully saturated rings. The van der Waals surface area contributed by atoms with Gasteiger partial charge in [-0.25, -0.2) is 9.78 Å². The van der Waals surface area contributed by atoms with E-state index in [0.29, 0.717) is 31.5 Å². The number of aromatic nitrogens is 2. The number of H-pyrrole nitrogens is 1. The molecule has 13 heteroatoms. The van der Waals surface area contributed by atoms with E-state index in [1.54, 1.807) is 6.20 Å². The predicted octanol–water partition coefficient (Wildman–Crippen LogP) is -2.48. The van der Waals surface area contributed by atoms with Gasteiger partial charge in [0, 0.05) is 24.9 Å². The fraction of sp³-hybridized carbons (Fsp3) is 0.611. The third kappa shape index (κ3) is 10.4. The summed E-state index contributed by atoms with van der Waals surface area (Å²) in [6.45, 7) is 0.680. The molecule has 0 aliphatic rings. The summed E-state index contributed by atoms with van der Waals surface area (Å²) in [5.41, 5.74) is 22.6. The minimum Gasteiger partial charge on any atom is -0.480 e. The number of guanidine groups is 1. The number of rotatable bonds is 15. The van der Waals surface area contributed by atoms with Crippen molar-refractivity contribution in [3.8, 4) is 0 Å². The van der Waals surface area contributed by atoms with Gasteiger partial charge < -0.3 is 43.7 Å². The van der Waals surface area contributed by atoms with Crippen LogP contribution in [0.15, 0.2) is 17.5 Å². The molecule has 1 aromatic rings. The van der Waals surface area contributed by atoms with Crippen LogP contribution in [0.4, 0.5) is 0 Å². The molecule has 1 aromatic heterocycles. The van der Waals surface area contributed by atoms with Crippen molar-refractivity contribution in [3.05, 3.63) is 18.2 Å². The van der Waals surface area contributed by atoms with Crippen molar-refractivity contribution in [3.63, 3.8) is 0 Å². The van der Waals surface area contributed by atoms with Crippen LogP contribution in [0.2, 0.25) is 0 Å². The first kappa shape index (κ1) is 25.8. The number of carbonyl (C=O) groups excluding carboxylic acids is 2. The first-order valence-corrected chi connectivity index (χ1v) is 10.1. The normalized spacial score (nSPS) is 13.6. The van der Waals surface area contributed by atoms with Crippen molar-refractivity contribution in [2.75, 3.05) is 13.1 Å². The van der Waals surface area contributed by atoms with Gasteiger partial charge in [-0.1, -0.05) is 0 Å². The molecule has 13 nitrogen and oxygen atoms in total. The van der Waals surface area contributed by atoms with Gasteiger partial charge in [-0.3, -0.25) is 14.6 Å². The average molecular weight is 440 g/mol. The number of aliphatic imine (C=N–C) groups is 1. The molecular weight excluding hydrogens is 406 g/mol. The number of nitrogens with one attached hydrogen (secondary N) is 3. The van der Waals surface area contributed by atoms with Crippen molar-refractivity contribution in [2.24, 2.45) is 27.9 Å². The number of amides is 2. The zero-order valence-corrected chi connectivity index (χ0v) is 17.4. The van der Waals surface area contributed by atoms with Gasteiger partial charge in [0.25, 0.3) is 0 Å². The van der Waals surface area contributed by atoms with Crippen LogP contribution in [0.5, 0.6) is 0 Å². The highest BCUT2D eigenvalue weighted by molar-refractivity contribution is 5.91. The molecule has 0 radical (unpaired) electrons. The van der Waals surface area contributed by atoms with Gasteiger partial charge >= 0.3 is 5.97 Å². The number of carboxylic acid groups (broad SMARTS) is 1. The molecule has 2 amide bonds. The molecule has 3 unspecified atom stereocenters. The summed E-state index contributed by atoms with van der Waals surface area (Å²) in [6, 6.07) is -3.01. The number of imidazole rings is 1. The van der Waals surface area contributed by atoms with Gasteiger partial charge in [0.05, 0.1) is 12.4 Å². The minimum atomic E-state index is -1.16. The molecule has 174 valence electrons. The Morgan fingerprint density at radius 2 is 1.77 bits per heavy atom. The third-order valence-corrected chi connectivity index (χ3v) is 4.47. The molecule has 1 heterocycles. The maximum Gasteiger partial charge on any atom is 0.326 e. The largest absolute Gasteiger partial charge is 0.480 e. The first-order chi connectivity index (χ1) is 14.7. The number of aromatic amines is 1. The molecule has 0 saturated heterocycles. The number of nitrogens with zero attached hydrogens (tertiary/aromatic N) is 2. The van der Waals surface area contributed by atoms with Crippen molar-refractivity contribution in [1.29, 1.82) is 0 Å². The zero-order chi connectivity index (χ0) is 23.2. The predicted molar refractivity (Wildman–Crippen MR) is 115 cm³/mol. The number of hydrogen-bond acceptors (Lipinski definition) is 7. The van der Waals surface area contributed by atoms with Crippen molar-refractivity contribution in [1.82, 2.24) is 20.6 Å². The van der Waals surface area contributed by atoms with Crippen LogP contribution in [0, 0.1) is 0 Å². The number of carbonyl (C=O) groups is 3. The quantitative estimate of drug-likeness (QED) is 0.0817. The second-order valence-electron chi connectivity index (χ2n) is 7.08. The second kappa shape index (κ2) is 13.9. The average Bonchev–Trinajstić information content (AvgIpc) is 3.21. The Morgan fingerprint density at radius 3 is 2.35 bits per heavy atom. The SMILES string of the molecule is NCCCCC(NC(=O)C(CCCN=C(N)N)NC(=O)C(N)Cc1cnc[nH]1)C(=O)O. The van der Waals surface area contributed by atoms with Crippen LogP contribution < -0.4 is 33.6 Å². The molecule has 0 aliphatic heterocycles. The standard InChI is InChI=1S/C18H33N9O4/c19-6-2-1-4-14(17(30)31)27-16(29)13(5-3-7-24-18(21)22)26-15(28)12(20)8-11-9-23-10-25-11/h9-10,12-14H,1-8,19-20H2,(H,23,25)(H,26,28)(H,27,29)(H,30,31)(H4,21,22,24). The lowest BCUT2D eigenvalue weighted by Crippen LogP contribution is -2.54. The number of unbranched alkanes of at least 4 members (excludes halogenated alkanes) is 1. The summed E-state index contributed by atoms with van der Waals surface area (Å²) in [5, 5.41) is 14.5. The van der Waals surface area contributed by atoms with Crippen LogP contribution >= 0.6 is 0 Å². The van der Waals surface area contributed by atoms with E-state index in [0.717, 1.165) is 0 Å². The molecule has 0 aromatic carbocycles. The van der Waals surface area contributed by atoms with E-state index in [1.165, 1.54) is 6.33 Å². The number of hydrogen-bond donors (Lipinski definition) is 8. The third-order valence-electron chi connectivity index (χ3n) is 4.47. The van der Waals surface area contributed by atoms with Crippen LogP contribution in [-0.4, -0.2) is 70.0 Å². The van der Waals surface area contributed by atoms with Gasteiger partial charge in [-0.05, 0) is 38.6 Å². The molecule has 0 spiro atoms. The van der Waals surface area contributed by atoms with Crippen LogP contribution in [0.3, 0.4) is 0 Å². The van der Waals surface area contributed by atoms with Crippen LogP contribution in [-0.2, 0) is 20.8 Å². The van der Waals surface area contributed by atoms with Gasteiger partial charge in [0.15, 0.2) is 5.96 Å². The Bertz CT molecular complexity index is 720. The fourth-order valence-corrected chi connectivity index (χ4v) is 2.80. The summed E-state index contributed by atoms with van der Waals surface area (Å²) in [5.74, 6) is -2.41. The molecule has 0 aliphatic carbocycles. The maximum absolute atomic E-state index is 12.7. The summed E-state index contributed by atoms with van der Waals surface area (Å²) < 4.78 is 0. The summed E-state index contributed by atoms with van der Waals surface area (Å²) >= 11 is 0. The van der Waals surface area contributed by atoms with Crippen molar-refractivity contribution in [2.45, 2.75) is 56.7 Å². The van der Waals surface area contributed by atoms with E-state index < -0.39 is 35.9 Å². The molecule has 31 heavy (non-hydrogen) atoms. The Morgan fingerprint density at radius 1 is 1.10 bits per heavy atom. The molecule has 3 atom stereocenters. The topological polar surface area (TPSA) is 241 Å². The van der Waals surface area contributed by atoms with E-state index in [9.17, 15) is 19.5 Å². The lowest BCUT2D eigenvalue weighted by molar-refractivity contribution is -0.142. The summed E-state index contributed by atoms with van der Waals surface area (Å²) in [6.07, 6.45) is 5.21. The summed E-state index contributed by atoms with van der Waals surface area (Å²) in [4.78, 5) is 47.3. The molecule has 12 N–H and O–H groups in total. The molecule has 0 bridgehead atoms. The summed E-state index contributed by atoms with van der Waals surface area (Å²) in [7, 11) is 0. The van der Waals surface area contributed by atoms with Crippen LogP contribution in [0.1, 0.15) is 37.8 Å². The molecular formula is C18H33N9O4. The van der Waals surface area contributed by atoms with Crippen molar-refractivity contribution >= 4 is 23.7 Å². The lowest BCUT2D eigenvalue weighted by Gasteiger charge is -2.23. The van der Waals surface area contributed by atoms with Gasteiger partial charge in [0.1, 0.15) is 12.1 Å². The minimum absolute atomic E-state index is 0.0857. The van der Waals surface area contributed by atoms with E-state index >= 15 is 0 Å². The number of aliphatic carboxylic acids is 1. The smallest absolute Gasteiger partial charge is 0.326 e. The first-order valence-electron chi connectivity index (χ1n) is 10.1. The highest BCUT2D eigenvalue weighted by atomic mass is 16.4. The Balaban J connectivity index is 2.77. The van der Waals surface area contributed by atoms with Gasteiger partial charge in [-0.15, -0.1) is 0 Å². The Kier molecular flexibility index (Phi) is 11.6. The van der Waals surface area contributed by atoms with E-state index in [4.69, 9.17) is 22.9 Å². The van der Waals surface area contributed by atoms with Gasteiger partial charge in [-0.2, -0.15) is 0 Å². The van der Waals surface area contributed by atoms with Crippen molar-refractivity contribution < 1.29 is 19.5 Å². The van der Waals surface area contributed by atoms with E-state index in [2.05, 4.69) is 25.6 Å². The van der Waals surface area contributed by atoms with Gasteiger partial charge in [0.2, 0.25) is 11.8 Å². The van der Waals surface area contributed by atoms with Crippen LogP contribution in [0.25, 0.3) is 0 Å². The monoisotopic (exact) mass is 439 g/mol. The number of carboxylic acids is 1. The maximum atomic E-state index is 12.7. The fourth-order valence-electron chi connectivity index (χ4n) is 2.80. The second-order valence-corrected chi connectivity index (χ2v) is 7.08. The zero-order valence-electron chi connectivity index (χ0n) is 17.4. The number of nitrogens with two attached hydrogens (primary N) is 4. The molecule has 0 saturated carbocycles. The Labute approximate surface area is 180 Å². The van der Waals surface area contributed by atoms with E-state index in [-0.39, 0.29) is 31.8 Å². The Hall–Kier alpha value is -3.19. The molecule has 1 rings (SSSR count).